The first-order valence-electron chi connectivity index (χ1n) is 3.97. The molecule has 0 bridgehead atoms. The SMILES string of the molecule is O=C1NCc2ccc(Br)cc2C1(F)F. The van der Waals surface area contributed by atoms with Crippen LogP contribution in [0.3, 0.4) is 0 Å². The number of nitrogens with one attached hydrogen (secondary N) is 1. The highest BCUT2D eigenvalue weighted by molar-refractivity contribution is 9.10. The number of alkyl halides is 2. The van der Waals surface area contributed by atoms with Crippen LogP contribution in [-0.2, 0) is 17.3 Å². The van der Waals surface area contributed by atoms with Crippen molar-refractivity contribution in [2.75, 3.05) is 0 Å². The lowest BCUT2D eigenvalue weighted by Gasteiger charge is -2.24. The first-order valence-corrected chi connectivity index (χ1v) is 4.76. The van der Waals surface area contributed by atoms with Crippen LogP contribution in [0, 0.1) is 0 Å². The second-order valence-electron chi connectivity index (χ2n) is 3.06. The molecule has 0 atom stereocenters. The number of carbonyl (C=O) groups is 1. The van der Waals surface area contributed by atoms with Gasteiger partial charge in [0, 0.05) is 16.6 Å². The lowest BCUT2D eigenvalue weighted by atomic mass is 9.97. The van der Waals surface area contributed by atoms with E-state index in [1.165, 1.54) is 6.07 Å². The van der Waals surface area contributed by atoms with Crippen molar-refractivity contribution in [3.05, 3.63) is 33.8 Å². The maximum absolute atomic E-state index is 13.3. The predicted molar refractivity (Wildman–Crippen MR) is 49.9 cm³/mol. The van der Waals surface area contributed by atoms with Crippen LogP contribution in [0.2, 0.25) is 0 Å². The van der Waals surface area contributed by atoms with Gasteiger partial charge in [-0.15, -0.1) is 0 Å². The van der Waals surface area contributed by atoms with Crippen LogP contribution in [0.15, 0.2) is 22.7 Å². The molecule has 5 heteroatoms. The molecule has 2 nitrogen and oxygen atoms in total. The molecule has 1 aliphatic rings. The van der Waals surface area contributed by atoms with Crippen LogP contribution in [0.4, 0.5) is 8.78 Å². The molecule has 1 aliphatic heterocycles. The summed E-state index contributed by atoms with van der Waals surface area (Å²) < 4.78 is 27.2. The van der Waals surface area contributed by atoms with Crippen molar-refractivity contribution in [2.45, 2.75) is 12.5 Å². The summed E-state index contributed by atoms with van der Waals surface area (Å²) in [6.07, 6.45) is 0. The Balaban J connectivity index is 2.61. The summed E-state index contributed by atoms with van der Waals surface area (Å²) in [5.41, 5.74) is 0.244. The number of hydrogen-bond donors (Lipinski definition) is 1. The van der Waals surface area contributed by atoms with Crippen molar-refractivity contribution in [3.63, 3.8) is 0 Å². The van der Waals surface area contributed by atoms with E-state index in [1.54, 1.807) is 12.1 Å². The second-order valence-corrected chi connectivity index (χ2v) is 3.97. The maximum atomic E-state index is 13.3. The average molecular weight is 262 g/mol. The zero-order valence-corrected chi connectivity index (χ0v) is 8.57. The summed E-state index contributed by atoms with van der Waals surface area (Å²) in [5.74, 6) is -4.65. The smallest absolute Gasteiger partial charge is 0.346 e. The number of amides is 1. The number of halogens is 3. The number of fused-ring (bicyclic) bond motifs is 1. The normalized spacial score (nSPS) is 18.6. The maximum Gasteiger partial charge on any atom is 0.350 e. The van der Waals surface area contributed by atoms with Crippen molar-refractivity contribution in [3.8, 4) is 0 Å². The lowest BCUT2D eigenvalue weighted by molar-refractivity contribution is -0.148. The van der Waals surface area contributed by atoms with Crippen LogP contribution in [-0.4, -0.2) is 5.91 Å². The van der Waals surface area contributed by atoms with E-state index < -0.39 is 11.8 Å². The van der Waals surface area contributed by atoms with Gasteiger partial charge in [0.15, 0.2) is 0 Å². The molecule has 1 amide bonds. The number of rotatable bonds is 0. The number of carbonyl (C=O) groups excluding carboxylic acids is 1. The zero-order chi connectivity index (χ0) is 10.3. The topological polar surface area (TPSA) is 29.1 Å². The molecular weight excluding hydrogens is 256 g/mol. The highest BCUT2D eigenvalue weighted by Gasteiger charge is 2.45. The van der Waals surface area contributed by atoms with Crippen LogP contribution in [0.25, 0.3) is 0 Å². The Morgan fingerprint density at radius 3 is 2.86 bits per heavy atom. The van der Waals surface area contributed by atoms with Crippen LogP contribution < -0.4 is 5.32 Å². The minimum absolute atomic E-state index is 0.164. The molecule has 74 valence electrons. The third kappa shape index (κ3) is 1.32. The molecule has 0 saturated carbocycles. The fourth-order valence-electron chi connectivity index (χ4n) is 1.40. The van der Waals surface area contributed by atoms with Crippen molar-refractivity contribution < 1.29 is 13.6 Å². The van der Waals surface area contributed by atoms with E-state index in [0.29, 0.717) is 10.0 Å². The number of benzene rings is 1. The second kappa shape index (κ2) is 3.02. The molecule has 1 heterocycles. The summed E-state index contributed by atoms with van der Waals surface area (Å²) in [7, 11) is 0. The Morgan fingerprint density at radius 1 is 1.43 bits per heavy atom. The van der Waals surface area contributed by atoms with Crippen molar-refractivity contribution in [1.82, 2.24) is 5.32 Å². The minimum Gasteiger partial charge on any atom is -0.346 e. The van der Waals surface area contributed by atoms with Gasteiger partial charge in [0.1, 0.15) is 0 Å². The van der Waals surface area contributed by atoms with E-state index in [4.69, 9.17) is 0 Å². The van der Waals surface area contributed by atoms with Gasteiger partial charge in [-0.05, 0) is 17.7 Å². The third-order valence-corrected chi connectivity index (χ3v) is 2.63. The van der Waals surface area contributed by atoms with Crippen LogP contribution in [0.1, 0.15) is 11.1 Å². The summed E-state index contributed by atoms with van der Waals surface area (Å²) in [5, 5.41) is 2.14. The first-order chi connectivity index (χ1) is 6.51. The van der Waals surface area contributed by atoms with Gasteiger partial charge in [-0.3, -0.25) is 4.79 Å². The van der Waals surface area contributed by atoms with Gasteiger partial charge < -0.3 is 5.32 Å². The van der Waals surface area contributed by atoms with Gasteiger partial charge in [0.25, 0.3) is 5.91 Å². The van der Waals surface area contributed by atoms with Crippen molar-refractivity contribution in [2.24, 2.45) is 0 Å². The van der Waals surface area contributed by atoms with E-state index in [1.807, 2.05) is 0 Å². The van der Waals surface area contributed by atoms with E-state index in [0.717, 1.165) is 0 Å². The molecule has 0 saturated heterocycles. The van der Waals surface area contributed by atoms with Crippen LogP contribution >= 0.6 is 15.9 Å². The molecular formula is C9H6BrF2NO. The quantitative estimate of drug-likeness (QED) is 0.762. The minimum atomic E-state index is -3.42. The molecule has 1 aromatic carbocycles. The summed E-state index contributed by atoms with van der Waals surface area (Å²) >= 11 is 3.10. The Morgan fingerprint density at radius 2 is 2.14 bits per heavy atom. The Labute approximate surface area is 87.4 Å². The van der Waals surface area contributed by atoms with Gasteiger partial charge in [-0.25, -0.2) is 0 Å². The molecule has 0 unspecified atom stereocenters. The summed E-state index contributed by atoms with van der Waals surface area (Å²) in [6, 6.07) is 4.53. The predicted octanol–water partition coefficient (Wildman–Crippen LogP) is 2.17. The Bertz CT molecular complexity index is 406. The molecule has 0 radical (unpaired) electrons. The highest BCUT2D eigenvalue weighted by atomic mass is 79.9. The van der Waals surface area contributed by atoms with Gasteiger partial charge in [-0.2, -0.15) is 8.78 Å². The van der Waals surface area contributed by atoms with Gasteiger partial charge >= 0.3 is 5.92 Å². The molecule has 14 heavy (non-hydrogen) atoms. The van der Waals surface area contributed by atoms with Crippen molar-refractivity contribution in [1.29, 1.82) is 0 Å². The van der Waals surface area contributed by atoms with E-state index in [2.05, 4.69) is 21.2 Å². The highest BCUT2D eigenvalue weighted by Crippen LogP contribution is 2.35. The molecule has 0 spiro atoms. The van der Waals surface area contributed by atoms with Gasteiger partial charge in [0.05, 0.1) is 0 Å². The zero-order valence-electron chi connectivity index (χ0n) is 6.98. The standard InChI is InChI=1S/C9H6BrF2NO/c10-6-2-1-5-4-13-8(14)9(11,12)7(5)3-6/h1-3H,4H2,(H,13,14). The first kappa shape index (κ1) is 9.58. The average Bonchev–Trinajstić information content (AvgIpc) is 2.13. The largest absolute Gasteiger partial charge is 0.350 e. The third-order valence-electron chi connectivity index (χ3n) is 2.13. The molecule has 0 aromatic heterocycles. The Kier molecular flexibility index (Phi) is 2.06. The van der Waals surface area contributed by atoms with Gasteiger partial charge in [0.2, 0.25) is 0 Å². The Hall–Kier alpha value is -0.970. The molecule has 1 N–H and O–H groups in total. The molecule has 0 aliphatic carbocycles. The number of hydrogen-bond acceptors (Lipinski definition) is 1. The van der Waals surface area contributed by atoms with Gasteiger partial charge in [-0.1, -0.05) is 22.0 Å². The van der Waals surface area contributed by atoms with E-state index in [-0.39, 0.29) is 12.1 Å². The van der Waals surface area contributed by atoms with Crippen LogP contribution in [0.5, 0.6) is 0 Å². The van der Waals surface area contributed by atoms with E-state index in [9.17, 15) is 13.6 Å². The fraction of sp³-hybridized carbons (Fsp3) is 0.222. The molecule has 2 rings (SSSR count). The lowest BCUT2D eigenvalue weighted by Crippen LogP contribution is -2.42. The summed E-state index contributed by atoms with van der Waals surface area (Å²) in [4.78, 5) is 10.9. The van der Waals surface area contributed by atoms with E-state index >= 15 is 0 Å². The summed E-state index contributed by atoms with van der Waals surface area (Å²) in [6.45, 7) is 0.164. The van der Waals surface area contributed by atoms with Crippen molar-refractivity contribution >= 4 is 21.8 Å². The molecule has 0 fully saturated rings. The molecule has 1 aromatic rings. The monoisotopic (exact) mass is 261 g/mol. The fourth-order valence-corrected chi connectivity index (χ4v) is 1.77.